The van der Waals surface area contributed by atoms with Crippen molar-refractivity contribution in [2.75, 3.05) is 0 Å². The van der Waals surface area contributed by atoms with Crippen LogP contribution in [0.1, 0.15) is 56.6 Å². The number of rotatable bonds is 9. The normalized spacial score (nSPS) is 11.1. The average Bonchev–Trinajstić information content (AvgIpc) is 2.74. The monoisotopic (exact) mass is 410 g/mol. The summed E-state index contributed by atoms with van der Waals surface area (Å²) in [5, 5.41) is 0. The third-order valence-electron chi connectivity index (χ3n) is 5.61. The topological polar surface area (TPSA) is 0 Å². The van der Waals surface area contributed by atoms with Gasteiger partial charge in [0.2, 0.25) is 0 Å². The maximum Gasteiger partial charge on any atom is 0.167 e. The molecule has 0 atom stereocenters. The van der Waals surface area contributed by atoms with E-state index in [1.807, 2.05) is 31.2 Å². The zero-order valence-electron chi connectivity index (χ0n) is 17.8. The van der Waals surface area contributed by atoms with E-state index in [9.17, 15) is 13.2 Å². The van der Waals surface area contributed by atoms with Crippen LogP contribution in [0.5, 0.6) is 0 Å². The molecule has 0 bridgehead atoms. The quantitative estimate of drug-likeness (QED) is 0.310. The molecule has 0 aliphatic heterocycles. The Labute approximate surface area is 177 Å². The van der Waals surface area contributed by atoms with Crippen molar-refractivity contribution in [1.82, 2.24) is 0 Å². The molecule has 0 heterocycles. The molecule has 0 spiro atoms. The summed E-state index contributed by atoms with van der Waals surface area (Å²) in [5.74, 6) is -2.39. The highest BCUT2D eigenvalue weighted by Gasteiger charge is 2.17. The van der Waals surface area contributed by atoms with E-state index in [1.165, 1.54) is 37.5 Å². The molecule has 0 nitrogen and oxygen atoms in total. The average molecular weight is 411 g/mol. The first-order valence-corrected chi connectivity index (χ1v) is 10.8. The van der Waals surface area contributed by atoms with Gasteiger partial charge in [0.25, 0.3) is 0 Å². The largest absolute Gasteiger partial charge is 0.206 e. The summed E-state index contributed by atoms with van der Waals surface area (Å²) in [6.07, 6.45) is 7.05. The lowest BCUT2D eigenvalue weighted by atomic mass is 9.96. The van der Waals surface area contributed by atoms with Gasteiger partial charge in [-0.15, -0.1) is 0 Å². The highest BCUT2D eigenvalue weighted by Crippen LogP contribution is 2.32. The first kappa shape index (κ1) is 22.1. The Kier molecular flexibility index (Phi) is 7.73. The van der Waals surface area contributed by atoms with Crippen molar-refractivity contribution in [2.24, 2.45) is 0 Å². The smallest absolute Gasteiger partial charge is 0.167 e. The summed E-state index contributed by atoms with van der Waals surface area (Å²) in [7, 11) is 0. The SMILES string of the molecule is CCCCCCCCc1ccc(-c2ccc(-c3ccc(C)cc3)cc2F)c(F)c1F. The number of hydrogen-bond acceptors (Lipinski definition) is 0. The Morgan fingerprint density at radius 3 is 1.97 bits per heavy atom. The second kappa shape index (κ2) is 10.5. The van der Waals surface area contributed by atoms with E-state index >= 15 is 0 Å². The maximum atomic E-state index is 14.8. The van der Waals surface area contributed by atoms with Gasteiger partial charge in [-0.2, -0.15) is 0 Å². The van der Waals surface area contributed by atoms with Gasteiger partial charge in [0.1, 0.15) is 5.82 Å². The minimum absolute atomic E-state index is 0.0350. The van der Waals surface area contributed by atoms with Crippen LogP contribution in [-0.4, -0.2) is 0 Å². The van der Waals surface area contributed by atoms with Gasteiger partial charge < -0.3 is 0 Å². The number of hydrogen-bond donors (Lipinski definition) is 0. The predicted octanol–water partition coefficient (Wildman–Crippen LogP) is 8.65. The van der Waals surface area contributed by atoms with E-state index in [0.717, 1.165) is 30.4 Å². The van der Waals surface area contributed by atoms with Gasteiger partial charge in [0, 0.05) is 11.1 Å². The van der Waals surface area contributed by atoms with Crippen LogP contribution in [0.15, 0.2) is 54.6 Å². The maximum absolute atomic E-state index is 14.8. The van der Waals surface area contributed by atoms with Crippen LogP contribution in [0.4, 0.5) is 13.2 Å². The van der Waals surface area contributed by atoms with Crippen molar-refractivity contribution in [2.45, 2.75) is 58.8 Å². The molecule has 30 heavy (non-hydrogen) atoms. The highest BCUT2D eigenvalue weighted by molar-refractivity contribution is 5.71. The molecule has 0 unspecified atom stereocenters. The van der Waals surface area contributed by atoms with Crippen LogP contribution < -0.4 is 0 Å². The molecular weight excluding hydrogens is 381 g/mol. The lowest BCUT2D eigenvalue weighted by Crippen LogP contribution is -1.99. The van der Waals surface area contributed by atoms with Gasteiger partial charge in [-0.1, -0.05) is 93.1 Å². The molecule has 0 saturated heterocycles. The van der Waals surface area contributed by atoms with Crippen LogP contribution in [-0.2, 0) is 6.42 Å². The highest BCUT2D eigenvalue weighted by atomic mass is 19.2. The molecule has 0 aromatic heterocycles. The zero-order valence-corrected chi connectivity index (χ0v) is 17.8. The van der Waals surface area contributed by atoms with Gasteiger partial charge in [0.15, 0.2) is 11.6 Å². The molecular formula is C27H29F3. The van der Waals surface area contributed by atoms with E-state index in [4.69, 9.17) is 0 Å². The van der Waals surface area contributed by atoms with E-state index in [-0.39, 0.29) is 11.1 Å². The number of benzene rings is 3. The fourth-order valence-electron chi connectivity index (χ4n) is 3.75. The number of aryl methyl sites for hydroxylation is 2. The third kappa shape index (κ3) is 5.33. The summed E-state index contributed by atoms with van der Waals surface area (Å²) >= 11 is 0. The van der Waals surface area contributed by atoms with Crippen molar-refractivity contribution in [3.05, 3.63) is 83.2 Å². The molecule has 0 fully saturated rings. The molecule has 0 aliphatic rings. The van der Waals surface area contributed by atoms with Crippen molar-refractivity contribution < 1.29 is 13.2 Å². The van der Waals surface area contributed by atoms with Gasteiger partial charge in [-0.05, 0) is 42.5 Å². The Hall–Kier alpha value is -2.55. The number of unbranched alkanes of at least 4 members (excludes halogenated alkanes) is 5. The van der Waals surface area contributed by atoms with E-state index in [2.05, 4.69) is 6.92 Å². The van der Waals surface area contributed by atoms with Crippen molar-refractivity contribution >= 4 is 0 Å². The van der Waals surface area contributed by atoms with E-state index in [1.54, 1.807) is 12.1 Å². The Balaban J connectivity index is 1.75. The molecule has 0 N–H and O–H groups in total. The standard InChI is InChI=1S/C27H29F3/c1-3-4-5-6-7-8-9-21-14-17-24(27(30)26(21)29)23-16-15-22(18-25(23)28)20-12-10-19(2)11-13-20/h10-18H,3-9H2,1-2H3. The van der Waals surface area contributed by atoms with E-state index in [0.29, 0.717) is 17.5 Å². The van der Waals surface area contributed by atoms with Gasteiger partial charge in [0.05, 0.1) is 0 Å². The van der Waals surface area contributed by atoms with Gasteiger partial charge in [-0.3, -0.25) is 0 Å². The zero-order chi connectivity index (χ0) is 21.5. The summed E-state index contributed by atoms with van der Waals surface area (Å²) in [6, 6.07) is 15.5. The second-order valence-corrected chi connectivity index (χ2v) is 7.98. The lowest BCUT2D eigenvalue weighted by molar-refractivity contribution is 0.496. The first-order valence-electron chi connectivity index (χ1n) is 10.8. The minimum atomic E-state index is -0.972. The van der Waals surface area contributed by atoms with Crippen molar-refractivity contribution in [3.8, 4) is 22.3 Å². The van der Waals surface area contributed by atoms with Crippen LogP contribution in [0.3, 0.4) is 0 Å². The fraction of sp³-hybridized carbons (Fsp3) is 0.333. The summed E-state index contributed by atoms with van der Waals surface area (Å²) in [6.45, 7) is 4.15. The van der Waals surface area contributed by atoms with Crippen LogP contribution in [0.2, 0.25) is 0 Å². The first-order chi connectivity index (χ1) is 14.5. The second-order valence-electron chi connectivity index (χ2n) is 7.98. The van der Waals surface area contributed by atoms with E-state index < -0.39 is 17.5 Å². The molecule has 0 radical (unpaired) electrons. The minimum Gasteiger partial charge on any atom is -0.206 e. The van der Waals surface area contributed by atoms with Crippen LogP contribution in [0.25, 0.3) is 22.3 Å². The third-order valence-corrected chi connectivity index (χ3v) is 5.61. The van der Waals surface area contributed by atoms with Gasteiger partial charge in [-0.25, -0.2) is 13.2 Å². The van der Waals surface area contributed by atoms with Crippen LogP contribution in [0, 0.1) is 24.4 Å². The molecule has 0 aliphatic carbocycles. The summed E-state index contributed by atoms with van der Waals surface area (Å²) < 4.78 is 44.1. The Bertz CT molecular complexity index is 974. The molecule has 158 valence electrons. The summed E-state index contributed by atoms with van der Waals surface area (Å²) in [4.78, 5) is 0. The predicted molar refractivity (Wildman–Crippen MR) is 119 cm³/mol. The molecule has 3 rings (SSSR count). The fourth-order valence-corrected chi connectivity index (χ4v) is 3.75. The molecule has 0 saturated carbocycles. The summed E-state index contributed by atoms with van der Waals surface area (Å²) in [5.41, 5.74) is 3.11. The van der Waals surface area contributed by atoms with Crippen LogP contribution >= 0.6 is 0 Å². The lowest BCUT2D eigenvalue weighted by Gasteiger charge is -2.11. The van der Waals surface area contributed by atoms with Crippen molar-refractivity contribution in [1.29, 1.82) is 0 Å². The van der Waals surface area contributed by atoms with Crippen molar-refractivity contribution in [3.63, 3.8) is 0 Å². The molecule has 3 aromatic rings. The Morgan fingerprint density at radius 2 is 1.27 bits per heavy atom. The van der Waals surface area contributed by atoms with Gasteiger partial charge >= 0.3 is 0 Å². The number of halogens is 3. The molecule has 0 amide bonds. The molecule has 3 aromatic carbocycles. The molecule has 3 heteroatoms. The Morgan fingerprint density at radius 1 is 0.633 bits per heavy atom.